The lowest BCUT2D eigenvalue weighted by molar-refractivity contribution is 0.276. The van der Waals surface area contributed by atoms with Gasteiger partial charge in [0, 0.05) is 0 Å². The summed E-state index contributed by atoms with van der Waals surface area (Å²) >= 11 is 1.48. The Morgan fingerprint density at radius 2 is 2.06 bits per heavy atom. The molecule has 4 nitrogen and oxygen atoms in total. The molecule has 2 rings (SSSR count). The third-order valence-corrected chi connectivity index (χ3v) is 2.98. The summed E-state index contributed by atoms with van der Waals surface area (Å²) in [6.45, 7) is 1.93. The summed E-state index contributed by atoms with van der Waals surface area (Å²) in [5.41, 5.74) is 1.04. The average molecular weight is 235 g/mol. The van der Waals surface area contributed by atoms with E-state index >= 15 is 0 Å². The zero-order valence-electron chi connectivity index (χ0n) is 8.92. The van der Waals surface area contributed by atoms with Crippen molar-refractivity contribution in [2.75, 3.05) is 11.9 Å². The fourth-order valence-electron chi connectivity index (χ4n) is 1.42. The van der Waals surface area contributed by atoms with Crippen LogP contribution in [0.3, 0.4) is 0 Å². The van der Waals surface area contributed by atoms with Gasteiger partial charge in [-0.25, -0.2) is 0 Å². The molecule has 2 aromatic rings. The van der Waals surface area contributed by atoms with Gasteiger partial charge in [0.1, 0.15) is 5.01 Å². The largest absolute Gasteiger partial charge is 0.394 e. The maximum absolute atomic E-state index is 9.34. The lowest BCUT2D eigenvalue weighted by Gasteiger charge is -2.15. The van der Waals surface area contributed by atoms with Crippen LogP contribution in [0.15, 0.2) is 30.3 Å². The number of aliphatic hydroxyl groups excluding tert-OH is 1. The minimum atomic E-state index is -0.131. The second-order valence-electron chi connectivity index (χ2n) is 3.42. The molecule has 2 N–H and O–H groups in total. The van der Waals surface area contributed by atoms with Crippen LogP contribution in [0.4, 0.5) is 5.13 Å². The molecule has 0 saturated heterocycles. The molecule has 0 amide bonds. The Labute approximate surface area is 98.0 Å². The van der Waals surface area contributed by atoms with E-state index in [0.717, 1.165) is 15.7 Å². The zero-order chi connectivity index (χ0) is 11.4. The smallest absolute Gasteiger partial charge is 0.206 e. The molecule has 5 heteroatoms. The van der Waals surface area contributed by atoms with E-state index < -0.39 is 0 Å². The first-order valence-corrected chi connectivity index (χ1v) is 5.83. The first-order chi connectivity index (χ1) is 7.79. The van der Waals surface area contributed by atoms with Crippen molar-refractivity contribution < 1.29 is 5.11 Å². The SMILES string of the molecule is Cc1nnc(NC(CO)c2ccccc2)s1. The molecule has 0 fully saturated rings. The number of hydrogen-bond acceptors (Lipinski definition) is 5. The monoisotopic (exact) mass is 235 g/mol. The Bertz CT molecular complexity index is 444. The van der Waals surface area contributed by atoms with Gasteiger partial charge < -0.3 is 10.4 Å². The van der Waals surface area contributed by atoms with E-state index in [2.05, 4.69) is 15.5 Å². The molecule has 1 aromatic heterocycles. The summed E-state index contributed by atoms with van der Waals surface area (Å²) in [5, 5.41) is 22.0. The van der Waals surface area contributed by atoms with Crippen molar-refractivity contribution >= 4 is 16.5 Å². The van der Waals surface area contributed by atoms with Crippen LogP contribution in [0.2, 0.25) is 0 Å². The highest BCUT2D eigenvalue weighted by Crippen LogP contribution is 2.21. The third kappa shape index (κ3) is 2.56. The van der Waals surface area contributed by atoms with E-state index in [0.29, 0.717) is 0 Å². The lowest BCUT2D eigenvalue weighted by Crippen LogP contribution is -2.14. The predicted octanol–water partition coefficient (Wildman–Crippen LogP) is 1.99. The van der Waals surface area contributed by atoms with Crippen LogP contribution < -0.4 is 5.32 Å². The molecule has 0 saturated carbocycles. The molecule has 1 atom stereocenters. The summed E-state index contributed by atoms with van der Waals surface area (Å²) in [4.78, 5) is 0. The summed E-state index contributed by atoms with van der Waals surface area (Å²) in [6.07, 6.45) is 0. The minimum absolute atomic E-state index is 0.0304. The van der Waals surface area contributed by atoms with Gasteiger partial charge in [-0.05, 0) is 12.5 Å². The number of rotatable bonds is 4. The lowest BCUT2D eigenvalue weighted by atomic mass is 10.1. The second-order valence-corrected chi connectivity index (χ2v) is 4.60. The van der Waals surface area contributed by atoms with Crippen LogP contribution in [0, 0.1) is 6.92 Å². The molecule has 0 aliphatic carbocycles. The van der Waals surface area contributed by atoms with E-state index in [1.54, 1.807) is 0 Å². The zero-order valence-corrected chi connectivity index (χ0v) is 9.74. The number of anilines is 1. The highest BCUT2D eigenvalue weighted by molar-refractivity contribution is 7.15. The van der Waals surface area contributed by atoms with Crippen molar-refractivity contribution in [3.05, 3.63) is 40.9 Å². The molecule has 1 aromatic carbocycles. The average Bonchev–Trinajstić information content (AvgIpc) is 2.73. The molecule has 0 bridgehead atoms. The van der Waals surface area contributed by atoms with Crippen LogP contribution in [-0.4, -0.2) is 21.9 Å². The summed E-state index contributed by atoms with van der Waals surface area (Å²) in [7, 11) is 0. The van der Waals surface area contributed by atoms with E-state index in [1.165, 1.54) is 11.3 Å². The summed E-state index contributed by atoms with van der Waals surface area (Å²) in [6, 6.07) is 9.67. The second kappa shape index (κ2) is 5.05. The number of aliphatic hydroxyl groups is 1. The Morgan fingerprint density at radius 1 is 1.31 bits per heavy atom. The van der Waals surface area contributed by atoms with Gasteiger partial charge in [-0.3, -0.25) is 0 Å². The van der Waals surface area contributed by atoms with Crippen LogP contribution in [0.1, 0.15) is 16.6 Å². The molecular formula is C11H13N3OS. The van der Waals surface area contributed by atoms with E-state index in [4.69, 9.17) is 0 Å². The van der Waals surface area contributed by atoms with E-state index in [-0.39, 0.29) is 12.6 Å². The summed E-state index contributed by atoms with van der Waals surface area (Å²) < 4.78 is 0. The first kappa shape index (κ1) is 11.0. The van der Waals surface area contributed by atoms with Crippen molar-refractivity contribution in [2.24, 2.45) is 0 Å². The molecule has 1 unspecified atom stereocenters. The first-order valence-electron chi connectivity index (χ1n) is 5.02. The number of benzene rings is 1. The third-order valence-electron chi connectivity index (χ3n) is 2.21. The van der Waals surface area contributed by atoms with E-state index in [9.17, 15) is 5.11 Å². The van der Waals surface area contributed by atoms with Crippen molar-refractivity contribution in [3.63, 3.8) is 0 Å². The Hall–Kier alpha value is -1.46. The van der Waals surface area contributed by atoms with Gasteiger partial charge in [-0.15, -0.1) is 10.2 Å². The van der Waals surface area contributed by atoms with E-state index in [1.807, 2.05) is 37.3 Å². The topological polar surface area (TPSA) is 58.0 Å². The normalized spacial score (nSPS) is 12.4. The number of nitrogens with one attached hydrogen (secondary N) is 1. The molecular weight excluding hydrogens is 222 g/mol. The number of hydrogen-bond donors (Lipinski definition) is 2. The van der Waals surface area contributed by atoms with Gasteiger partial charge >= 0.3 is 0 Å². The number of aromatic nitrogens is 2. The van der Waals surface area contributed by atoms with Crippen molar-refractivity contribution in [3.8, 4) is 0 Å². The molecule has 0 spiro atoms. The van der Waals surface area contributed by atoms with Crippen molar-refractivity contribution in [1.82, 2.24) is 10.2 Å². The van der Waals surface area contributed by atoms with Crippen LogP contribution in [0.25, 0.3) is 0 Å². The highest BCUT2D eigenvalue weighted by Gasteiger charge is 2.11. The highest BCUT2D eigenvalue weighted by atomic mass is 32.1. The van der Waals surface area contributed by atoms with Gasteiger partial charge in [-0.1, -0.05) is 41.7 Å². The Morgan fingerprint density at radius 3 is 2.62 bits per heavy atom. The number of nitrogens with zero attached hydrogens (tertiary/aromatic N) is 2. The summed E-state index contributed by atoms with van der Waals surface area (Å²) in [5.74, 6) is 0. The Balaban J connectivity index is 2.12. The minimum Gasteiger partial charge on any atom is -0.394 e. The maximum atomic E-state index is 9.34. The van der Waals surface area contributed by atoms with Gasteiger partial charge in [-0.2, -0.15) is 0 Å². The van der Waals surface area contributed by atoms with Gasteiger partial charge in [0.05, 0.1) is 12.6 Å². The number of aryl methyl sites for hydroxylation is 1. The van der Waals surface area contributed by atoms with Crippen molar-refractivity contribution in [2.45, 2.75) is 13.0 Å². The van der Waals surface area contributed by atoms with Gasteiger partial charge in [0.15, 0.2) is 0 Å². The fourth-order valence-corrected chi connectivity index (χ4v) is 2.07. The Kier molecular flexibility index (Phi) is 3.48. The molecule has 1 heterocycles. The fraction of sp³-hybridized carbons (Fsp3) is 0.273. The molecule has 0 aliphatic rings. The molecule has 16 heavy (non-hydrogen) atoms. The quantitative estimate of drug-likeness (QED) is 0.851. The maximum Gasteiger partial charge on any atom is 0.206 e. The standard InChI is InChI=1S/C11H13N3OS/c1-8-13-14-11(16-8)12-10(7-15)9-5-3-2-4-6-9/h2-6,10,15H,7H2,1H3,(H,12,14). The van der Waals surface area contributed by atoms with Crippen molar-refractivity contribution in [1.29, 1.82) is 0 Å². The predicted molar refractivity (Wildman–Crippen MR) is 64.5 cm³/mol. The van der Waals surface area contributed by atoms with Gasteiger partial charge in [0.2, 0.25) is 5.13 Å². The molecule has 84 valence electrons. The molecule has 0 aliphatic heterocycles. The molecule has 0 radical (unpaired) electrons. The van der Waals surface area contributed by atoms with Crippen LogP contribution in [0.5, 0.6) is 0 Å². The van der Waals surface area contributed by atoms with Crippen LogP contribution in [-0.2, 0) is 0 Å². The van der Waals surface area contributed by atoms with Crippen LogP contribution >= 0.6 is 11.3 Å². The van der Waals surface area contributed by atoms with Gasteiger partial charge in [0.25, 0.3) is 0 Å².